The lowest BCUT2D eigenvalue weighted by atomic mass is 9.67. The standard InChI is InChI=1S/C21H36N4O3.ClH/c1-14(22)15-7-11-24(12-8-15)17(26)13-25-18(27)21(23-19(25)28)9-5-16(6-10-21)20(2,3)4;/h14-16H,5-13,22H2,1-4H3,(H,23,28);1H. The molecule has 0 radical (unpaired) electrons. The monoisotopic (exact) mass is 428 g/mol. The van der Waals surface area contributed by atoms with Crippen LogP contribution in [0.5, 0.6) is 0 Å². The van der Waals surface area contributed by atoms with Crippen LogP contribution in [0.3, 0.4) is 0 Å². The van der Waals surface area contributed by atoms with Gasteiger partial charge in [-0.25, -0.2) is 4.79 Å². The predicted octanol–water partition coefficient (Wildman–Crippen LogP) is 2.52. The van der Waals surface area contributed by atoms with E-state index in [0.29, 0.717) is 37.8 Å². The summed E-state index contributed by atoms with van der Waals surface area (Å²) < 4.78 is 0. The van der Waals surface area contributed by atoms with Crippen molar-refractivity contribution < 1.29 is 14.4 Å². The van der Waals surface area contributed by atoms with Crippen molar-refractivity contribution in [3.05, 3.63) is 0 Å². The molecule has 8 heteroatoms. The van der Waals surface area contributed by atoms with Gasteiger partial charge in [0.05, 0.1) is 0 Å². The van der Waals surface area contributed by atoms with E-state index < -0.39 is 11.6 Å². The van der Waals surface area contributed by atoms with E-state index in [0.717, 1.165) is 30.6 Å². The molecule has 3 fully saturated rings. The van der Waals surface area contributed by atoms with E-state index in [2.05, 4.69) is 26.1 Å². The molecule has 2 aliphatic heterocycles. The van der Waals surface area contributed by atoms with Crippen molar-refractivity contribution in [2.45, 2.75) is 77.8 Å². The van der Waals surface area contributed by atoms with Gasteiger partial charge >= 0.3 is 6.03 Å². The summed E-state index contributed by atoms with van der Waals surface area (Å²) in [6.45, 7) is 9.82. The molecule has 0 aromatic heterocycles. The molecular formula is C21H37ClN4O3. The van der Waals surface area contributed by atoms with Crippen molar-refractivity contribution in [3.63, 3.8) is 0 Å². The van der Waals surface area contributed by atoms with E-state index in [1.54, 1.807) is 4.90 Å². The van der Waals surface area contributed by atoms with Crippen LogP contribution < -0.4 is 11.1 Å². The third-order valence-electron chi connectivity index (χ3n) is 7.24. The molecule has 3 rings (SSSR count). The summed E-state index contributed by atoms with van der Waals surface area (Å²) >= 11 is 0. The quantitative estimate of drug-likeness (QED) is 0.675. The van der Waals surface area contributed by atoms with Gasteiger partial charge in [-0.05, 0) is 62.7 Å². The van der Waals surface area contributed by atoms with E-state index in [-0.39, 0.29) is 42.2 Å². The zero-order chi connectivity index (χ0) is 20.7. The zero-order valence-corrected chi connectivity index (χ0v) is 19.0. The third-order valence-corrected chi connectivity index (χ3v) is 7.24. The van der Waals surface area contributed by atoms with Gasteiger partial charge in [0.1, 0.15) is 12.1 Å². The van der Waals surface area contributed by atoms with Gasteiger partial charge in [0.25, 0.3) is 5.91 Å². The Kier molecular flexibility index (Phi) is 7.26. The molecular weight excluding hydrogens is 392 g/mol. The fourth-order valence-corrected chi connectivity index (χ4v) is 5.05. The number of nitrogens with two attached hydrogens (primary N) is 1. The van der Waals surface area contributed by atoms with Crippen molar-refractivity contribution in [2.24, 2.45) is 23.0 Å². The molecule has 166 valence electrons. The summed E-state index contributed by atoms with van der Waals surface area (Å²) in [6, 6.07) is -0.288. The van der Waals surface area contributed by atoms with Gasteiger partial charge < -0.3 is 16.0 Å². The molecule has 29 heavy (non-hydrogen) atoms. The van der Waals surface area contributed by atoms with Crippen LogP contribution in [0.15, 0.2) is 0 Å². The molecule has 7 nitrogen and oxygen atoms in total. The summed E-state index contributed by atoms with van der Waals surface area (Å²) in [5.74, 6) is 0.613. The van der Waals surface area contributed by atoms with Crippen molar-refractivity contribution in [3.8, 4) is 0 Å². The Hall–Kier alpha value is -1.34. The number of imide groups is 1. The summed E-state index contributed by atoms with van der Waals surface area (Å²) in [5, 5.41) is 2.92. The first kappa shape index (κ1) is 23.9. The summed E-state index contributed by atoms with van der Waals surface area (Å²) in [5.41, 5.74) is 5.36. The number of urea groups is 1. The maximum atomic E-state index is 13.1. The van der Waals surface area contributed by atoms with Crippen LogP contribution in [-0.2, 0) is 9.59 Å². The molecule has 1 saturated carbocycles. The molecule has 1 aliphatic carbocycles. The van der Waals surface area contributed by atoms with Gasteiger partial charge in [-0.15, -0.1) is 12.4 Å². The topological polar surface area (TPSA) is 95.7 Å². The molecule has 0 aromatic rings. The molecule has 3 aliphatic rings. The predicted molar refractivity (Wildman–Crippen MR) is 115 cm³/mol. The van der Waals surface area contributed by atoms with Crippen molar-refractivity contribution in [1.82, 2.24) is 15.1 Å². The number of halogens is 1. The van der Waals surface area contributed by atoms with E-state index >= 15 is 0 Å². The van der Waals surface area contributed by atoms with Crippen LogP contribution in [-0.4, -0.2) is 58.9 Å². The summed E-state index contributed by atoms with van der Waals surface area (Å²) in [6.07, 6.45) is 4.90. The number of hydrogen-bond acceptors (Lipinski definition) is 4. The van der Waals surface area contributed by atoms with Gasteiger partial charge in [0, 0.05) is 19.1 Å². The fourth-order valence-electron chi connectivity index (χ4n) is 5.05. The Balaban J connectivity index is 0.00000300. The summed E-state index contributed by atoms with van der Waals surface area (Å²) in [4.78, 5) is 41.2. The fraction of sp³-hybridized carbons (Fsp3) is 0.857. The van der Waals surface area contributed by atoms with Crippen LogP contribution in [0.1, 0.15) is 66.2 Å². The van der Waals surface area contributed by atoms with Crippen LogP contribution in [0.4, 0.5) is 4.79 Å². The zero-order valence-electron chi connectivity index (χ0n) is 18.2. The second-order valence-electron chi connectivity index (χ2n) is 10.1. The number of carbonyl (C=O) groups is 3. The van der Waals surface area contributed by atoms with Crippen LogP contribution in [0.25, 0.3) is 0 Å². The lowest BCUT2D eigenvalue weighted by Gasteiger charge is -2.40. The molecule has 0 bridgehead atoms. The van der Waals surface area contributed by atoms with Crippen LogP contribution >= 0.6 is 12.4 Å². The van der Waals surface area contributed by atoms with Crippen LogP contribution in [0, 0.1) is 17.3 Å². The highest BCUT2D eigenvalue weighted by atomic mass is 35.5. The first-order chi connectivity index (χ1) is 13.0. The van der Waals surface area contributed by atoms with Crippen LogP contribution in [0.2, 0.25) is 0 Å². The number of nitrogens with zero attached hydrogens (tertiary/aromatic N) is 2. The summed E-state index contributed by atoms with van der Waals surface area (Å²) in [7, 11) is 0. The Morgan fingerprint density at radius 2 is 1.72 bits per heavy atom. The van der Waals surface area contributed by atoms with Gasteiger partial charge in [-0.2, -0.15) is 0 Å². The number of nitrogens with one attached hydrogen (secondary N) is 1. The average Bonchev–Trinajstić information content (AvgIpc) is 2.85. The SMILES string of the molecule is CC(N)C1CCN(C(=O)CN2C(=O)NC3(CCC(C(C)(C)C)CC3)C2=O)CC1.Cl. The van der Waals surface area contributed by atoms with E-state index in [1.165, 1.54) is 0 Å². The smallest absolute Gasteiger partial charge is 0.325 e. The molecule has 4 amide bonds. The minimum absolute atomic E-state index is 0. The van der Waals surface area contributed by atoms with Crippen molar-refractivity contribution >= 4 is 30.3 Å². The highest BCUT2D eigenvalue weighted by Gasteiger charge is 2.53. The normalized spacial score (nSPS) is 29.6. The highest BCUT2D eigenvalue weighted by Crippen LogP contribution is 2.43. The Morgan fingerprint density at radius 1 is 1.17 bits per heavy atom. The largest absolute Gasteiger partial charge is 0.341 e. The number of likely N-dealkylation sites (tertiary alicyclic amines) is 1. The molecule has 1 unspecified atom stereocenters. The average molecular weight is 429 g/mol. The molecule has 0 aromatic carbocycles. The maximum Gasteiger partial charge on any atom is 0.325 e. The Bertz CT molecular complexity index is 630. The molecule has 2 heterocycles. The Labute approximate surface area is 180 Å². The molecule has 1 spiro atoms. The van der Waals surface area contributed by atoms with Gasteiger partial charge in [-0.3, -0.25) is 14.5 Å². The van der Waals surface area contributed by atoms with Crippen molar-refractivity contribution in [1.29, 1.82) is 0 Å². The van der Waals surface area contributed by atoms with Gasteiger partial charge in [0.2, 0.25) is 5.91 Å². The first-order valence-corrected chi connectivity index (χ1v) is 10.7. The van der Waals surface area contributed by atoms with Crippen molar-refractivity contribution in [2.75, 3.05) is 19.6 Å². The Morgan fingerprint density at radius 3 is 2.21 bits per heavy atom. The minimum atomic E-state index is -0.804. The lowest BCUT2D eigenvalue weighted by molar-refractivity contribution is -0.140. The number of rotatable bonds is 3. The van der Waals surface area contributed by atoms with E-state index in [4.69, 9.17) is 5.73 Å². The third kappa shape index (κ3) is 4.88. The number of carbonyl (C=O) groups excluding carboxylic acids is 3. The van der Waals surface area contributed by atoms with E-state index in [1.807, 2.05) is 6.92 Å². The molecule has 2 saturated heterocycles. The minimum Gasteiger partial charge on any atom is -0.341 e. The number of piperidine rings is 1. The maximum absolute atomic E-state index is 13.1. The number of amides is 4. The second kappa shape index (κ2) is 8.80. The first-order valence-electron chi connectivity index (χ1n) is 10.7. The number of hydrogen-bond donors (Lipinski definition) is 2. The molecule has 3 N–H and O–H groups in total. The second-order valence-corrected chi connectivity index (χ2v) is 10.1. The highest BCUT2D eigenvalue weighted by molar-refractivity contribution is 6.09. The molecule has 1 atom stereocenters. The van der Waals surface area contributed by atoms with E-state index in [9.17, 15) is 14.4 Å². The van der Waals surface area contributed by atoms with Gasteiger partial charge in [0.15, 0.2) is 0 Å². The lowest BCUT2D eigenvalue weighted by Crippen LogP contribution is -2.51. The van der Waals surface area contributed by atoms with Gasteiger partial charge in [-0.1, -0.05) is 20.8 Å².